The van der Waals surface area contributed by atoms with Gasteiger partial charge in [0, 0.05) is 61.8 Å². The molecule has 0 aliphatic heterocycles. The highest BCUT2D eigenvalue weighted by Crippen LogP contribution is 2.49. The Hall–Kier alpha value is -9.12. The first-order valence-electron chi connectivity index (χ1n) is 24.0. The number of furan rings is 2. The molecule has 2 heterocycles. The number of nitrogens with zero attached hydrogens (tertiary/aromatic N) is 2. The van der Waals surface area contributed by atoms with E-state index in [0.29, 0.717) is 6.42 Å². The SMILES string of the molecule is C1=CC(N(c2ccccc2)c2ccc(-c3cccc4c3oc3ccccc34)cc2)(N(c2ccccc2)c2ccc(-c3cccc4c3oc3ccccc34)cc2)CC=C1c1cccc(-c2ccccc2)c1. The molecule has 0 fully saturated rings. The summed E-state index contributed by atoms with van der Waals surface area (Å²) in [4.78, 5) is 5.03. The zero-order chi connectivity index (χ0) is 46.4. The van der Waals surface area contributed by atoms with Gasteiger partial charge < -0.3 is 18.6 Å². The Morgan fingerprint density at radius 1 is 0.329 bits per heavy atom. The van der Waals surface area contributed by atoms with E-state index in [4.69, 9.17) is 8.83 Å². The second-order valence-corrected chi connectivity index (χ2v) is 18.0. The Kier molecular flexibility index (Phi) is 10.1. The number of benzene rings is 10. The first-order valence-corrected chi connectivity index (χ1v) is 24.0. The largest absolute Gasteiger partial charge is 0.455 e. The van der Waals surface area contributed by atoms with E-state index in [-0.39, 0.29) is 0 Å². The van der Waals surface area contributed by atoms with Crippen LogP contribution < -0.4 is 9.80 Å². The molecule has 2 aromatic heterocycles. The lowest BCUT2D eigenvalue weighted by atomic mass is 9.87. The van der Waals surface area contributed by atoms with E-state index in [9.17, 15) is 0 Å². The number of fused-ring (bicyclic) bond motifs is 6. The molecule has 1 aliphatic rings. The molecule has 1 aliphatic carbocycles. The summed E-state index contributed by atoms with van der Waals surface area (Å²) in [5.74, 6) is 0. The summed E-state index contributed by atoms with van der Waals surface area (Å²) < 4.78 is 13.1. The first kappa shape index (κ1) is 41.1. The highest BCUT2D eigenvalue weighted by atomic mass is 16.3. The quantitative estimate of drug-likeness (QED) is 0.128. The third kappa shape index (κ3) is 7.08. The molecule has 0 atom stereocenters. The van der Waals surface area contributed by atoms with Gasteiger partial charge in [-0.2, -0.15) is 0 Å². The third-order valence-corrected chi connectivity index (χ3v) is 13.9. The number of allylic oxidation sites excluding steroid dienone is 2. The van der Waals surface area contributed by atoms with Crippen LogP contribution >= 0.6 is 0 Å². The predicted molar refractivity (Wildman–Crippen MR) is 292 cm³/mol. The molecule has 4 nitrogen and oxygen atoms in total. The van der Waals surface area contributed by atoms with Gasteiger partial charge in [0.15, 0.2) is 0 Å². The Labute approximate surface area is 406 Å². The summed E-state index contributed by atoms with van der Waals surface area (Å²) in [5, 5.41) is 4.48. The smallest absolute Gasteiger partial charge is 0.145 e. The van der Waals surface area contributed by atoms with Gasteiger partial charge in [0.05, 0.1) is 0 Å². The molecule has 10 aromatic carbocycles. The topological polar surface area (TPSA) is 32.8 Å². The molecular formula is C66H46N2O2. The van der Waals surface area contributed by atoms with Crippen molar-refractivity contribution in [3.8, 4) is 33.4 Å². The fraction of sp³-hybridized carbons (Fsp3) is 0.0303. The van der Waals surface area contributed by atoms with Crippen LogP contribution in [0.2, 0.25) is 0 Å². The average molecular weight is 899 g/mol. The summed E-state index contributed by atoms with van der Waals surface area (Å²) in [7, 11) is 0. The lowest BCUT2D eigenvalue weighted by molar-refractivity contribution is 0.526. The molecule has 70 heavy (non-hydrogen) atoms. The van der Waals surface area contributed by atoms with Gasteiger partial charge in [0.25, 0.3) is 0 Å². The van der Waals surface area contributed by atoms with E-state index in [1.54, 1.807) is 0 Å². The van der Waals surface area contributed by atoms with Gasteiger partial charge in [-0.25, -0.2) is 0 Å². The van der Waals surface area contributed by atoms with Gasteiger partial charge >= 0.3 is 0 Å². The van der Waals surface area contributed by atoms with Crippen molar-refractivity contribution in [1.29, 1.82) is 0 Å². The van der Waals surface area contributed by atoms with Crippen LogP contribution in [0.1, 0.15) is 12.0 Å². The van der Waals surface area contributed by atoms with Crippen LogP contribution in [-0.4, -0.2) is 5.66 Å². The van der Waals surface area contributed by atoms with Gasteiger partial charge in [-0.1, -0.05) is 194 Å². The minimum Gasteiger partial charge on any atom is -0.455 e. The number of anilines is 4. The first-order chi connectivity index (χ1) is 34.7. The van der Waals surface area contributed by atoms with Crippen molar-refractivity contribution in [3.63, 3.8) is 0 Å². The highest BCUT2D eigenvalue weighted by Gasteiger charge is 2.43. The summed E-state index contributed by atoms with van der Waals surface area (Å²) >= 11 is 0. The molecule has 12 aromatic rings. The number of hydrogen-bond acceptors (Lipinski definition) is 4. The van der Waals surface area contributed by atoms with E-state index in [1.165, 1.54) is 22.3 Å². The maximum Gasteiger partial charge on any atom is 0.145 e. The van der Waals surface area contributed by atoms with E-state index in [0.717, 1.165) is 88.9 Å². The predicted octanol–water partition coefficient (Wildman–Crippen LogP) is 18.2. The zero-order valence-corrected chi connectivity index (χ0v) is 38.3. The molecule has 0 saturated heterocycles. The molecule has 0 spiro atoms. The van der Waals surface area contributed by atoms with Crippen molar-refractivity contribution >= 4 is 72.2 Å². The number of hydrogen-bond donors (Lipinski definition) is 0. The molecule has 0 amide bonds. The highest BCUT2D eigenvalue weighted by molar-refractivity contribution is 6.10. The second-order valence-electron chi connectivity index (χ2n) is 18.0. The van der Waals surface area contributed by atoms with Gasteiger partial charge in [-0.3, -0.25) is 0 Å². The van der Waals surface area contributed by atoms with E-state index < -0.39 is 5.66 Å². The number of rotatable bonds is 10. The van der Waals surface area contributed by atoms with Crippen molar-refractivity contribution in [2.24, 2.45) is 0 Å². The Balaban J connectivity index is 0.979. The fourth-order valence-electron chi connectivity index (χ4n) is 10.6. The van der Waals surface area contributed by atoms with Crippen molar-refractivity contribution < 1.29 is 8.83 Å². The van der Waals surface area contributed by atoms with Crippen LogP contribution in [0.3, 0.4) is 0 Å². The van der Waals surface area contributed by atoms with Gasteiger partial charge in [0.1, 0.15) is 28.0 Å². The third-order valence-electron chi connectivity index (χ3n) is 13.9. The van der Waals surface area contributed by atoms with Gasteiger partial charge in [-0.15, -0.1) is 0 Å². The van der Waals surface area contributed by atoms with Crippen LogP contribution in [0.25, 0.3) is 82.8 Å². The van der Waals surface area contributed by atoms with Crippen LogP contribution in [0.4, 0.5) is 22.7 Å². The molecule has 13 rings (SSSR count). The lowest BCUT2D eigenvalue weighted by Crippen LogP contribution is -2.57. The summed E-state index contributed by atoms with van der Waals surface area (Å²) in [6, 6.07) is 88.6. The summed E-state index contributed by atoms with van der Waals surface area (Å²) in [5.41, 5.74) is 16.1. The lowest BCUT2D eigenvalue weighted by Gasteiger charge is -2.52. The molecular weight excluding hydrogens is 853 g/mol. The minimum absolute atomic E-state index is 0.651. The standard InChI is InChI=1S/C66H46N2O2/c1-4-17-46(18-5-1)50-19-14-20-51(45-50)47-41-43-66(44-42-47,67(52-21-6-2-7-22-52)54-37-33-48(34-38-54)56-27-15-29-60-58-25-10-12-31-62(58)69-64(56)60)68(53-23-8-3-9-24-53)55-39-35-49(36-40-55)57-28-16-30-61-59-26-11-13-32-63(59)70-65(57)61/h1-43,45H,44H2. The molecule has 0 unspecified atom stereocenters. The average Bonchev–Trinajstić information content (AvgIpc) is 4.02. The molecule has 332 valence electrons. The minimum atomic E-state index is -0.788. The Morgan fingerprint density at radius 3 is 1.24 bits per heavy atom. The van der Waals surface area contributed by atoms with Crippen molar-refractivity contribution in [1.82, 2.24) is 0 Å². The molecule has 0 radical (unpaired) electrons. The van der Waals surface area contributed by atoms with E-state index in [2.05, 4.69) is 252 Å². The monoisotopic (exact) mass is 898 g/mol. The van der Waals surface area contributed by atoms with Gasteiger partial charge in [0.2, 0.25) is 0 Å². The summed E-state index contributed by atoms with van der Waals surface area (Å²) in [6.07, 6.45) is 7.82. The molecule has 0 N–H and O–H groups in total. The second kappa shape index (κ2) is 17.2. The normalized spacial score (nSPS) is 13.2. The van der Waals surface area contributed by atoms with Crippen molar-refractivity contribution in [2.75, 3.05) is 9.80 Å². The fourth-order valence-corrected chi connectivity index (χ4v) is 10.6. The van der Waals surface area contributed by atoms with Crippen LogP contribution in [0.15, 0.2) is 276 Å². The van der Waals surface area contributed by atoms with Crippen LogP contribution in [-0.2, 0) is 0 Å². The zero-order valence-electron chi connectivity index (χ0n) is 38.3. The van der Waals surface area contributed by atoms with Gasteiger partial charge in [-0.05, 0) is 106 Å². The van der Waals surface area contributed by atoms with E-state index in [1.807, 2.05) is 24.3 Å². The maximum atomic E-state index is 6.54. The maximum absolute atomic E-state index is 6.54. The summed E-state index contributed by atoms with van der Waals surface area (Å²) in [6.45, 7) is 0. The Morgan fingerprint density at radius 2 is 0.743 bits per heavy atom. The van der Waals surface area contributed by atoms with Crippen molar-refractivity contribution in [3.05, 3.63) is 273 Å². The Bertz CT molecular complexity index is 3700. The molecule has 0 bridgehead atoms. The van der Waals surface area contributed by atoms with Crippen LogP contribution in [0.5, 0.6) is 0 Å². The van der Waals surface area contributed by atoms with Crippen molar-refractivity contribution in [2.45, 2.75) is 12.1 Å². The molecule has 0 saturated carbocycles. The van der Waals surface area contributed by atoms with E-state index >= 15 is 0 Å². The number of para-hydroxylation sites is 6. The molecule has 4 heteroatoms. The van der Waals surface area contributed by atoms with Crippen LogP contribution in [0, 0.1) is 0 Å².